The Kier molecular flexibility index (Phi) is 8.04. The highest BCUT2D eigenvalue weighted by Gasteiger charge is 2.12. The standard InChI is InChI=1S/C27H28ClN3O3/c1-33-21-14-12-20(13-15-21)27(32)29-17-16-26-30-23-9-3-4-10-24(23)31(26)18-6-7-19-34-25-11-5-2-8-22(25)28/h2-5,8-15H,6-7,16-19H2,1H3,(H,29,32). The number of aromatic nitrogens is 2. The number of unbranched alkanes of at least 4 members (excludes halogenated alkanes) is 1. The van der Waals surface area contributed by atoms with Gasteiger partial charge < -0.3 is 19.4 Å². The molecule has 0 aliphatic carbocycles. The molecule has 1 N–H and O–H groups in total. The number of nitrogens with one attached hydrogen (secondary N) is 1. The highest BCUT2D eigenvalue weighted by Crippen LogP contribution is 2.23. The average molecular weight is 478 g/mol. The largest absolute Gasteiger partial charge is 0.497 e. The minimum absolute atomic E-state index is 0.109. The van der Waals surface area contributed by atoms with E-state index in [0.717, 1.165) is 42.0 Å². The summed E-state index contributed by atoms with van der Waals surface area (Å²) in [6.07, 6.45) is 2.48. The number of hydrogen-bond donors (Lipinski definition) is 1. The molecule has 4 rings (SSSR count). The van der Waals surface area contributed by atoms with Crippen LogP contribution in [0.4, 0.5) is 0 Å². The van der Waals surface area contributed by atoms with Gasteiger partial charge in [-0.3, -0.25) is 4.79 Å². The lowest BCUT2D eigenvalue weighted by Crippen LogP contribution is -2.26. The van der Waals surface area contributed by atoms with E-state index in [0.29, 0.717) is 35.9 Å². The number of hydrogen-bond acceptors (Lipinski definition) is 4. The van der Waals surface area contributed by atoms with E-state index in [1.165, 1.54) is 0 Å². The van der Waals surface area contributed by atoms with Gasteiger partial charge in [-0.1, -0.05) is 35.9 Å². The maximum Gasteiger partial charge on any atom is 0.251 e. The summed E-state index contributed by atoms with van der Waals surface area (Å²) in [5.74, 6) is 2.29. The van der Waals surface area contributed by atoms with Crippen LogP contribution in [0.3, 0.4) is 0 Å². The highest BCUT2D eigenvalue weighted by atomic mass is 35.5. The summed E-state index contributed by atoms with van der Waals surface area (Å²) in [6, 6.07) is 22.7. The van der Waals surface area contributed by atoms with E-state index >= 15 is 0 Å². The van der Waals surface area contributed by atoms with Crippen molar-refractivity contribution in [2.24, 2.45) is 0 Å². The number of imidazole rings is 1. The smallest absolute Gasteiger partial charge is 0.251 e. The summed E-state index contributed by atoms with van der Waals surface area (Å²) in [5, 5.41) is 3.62. The second kappa shape index (κ2) is 11.6. The van der Waals surface area contributed by atoms with Crippen LogP contribution in [-0.2, 0) is 13.0 Å². The van der Waals surface area contributed by atoms with Gasteiger partial charge in [-0.05, 0) is 61.4 Å². The molecule has 176 valence electrons. The fourth-order valence-corrected chi connectivity index (χ4v) is 4.00. The predicted molar refractivity (Wildman–Crippen MR) is 135 cm³/mol. The van der Waals surface area contributed by atoms with Gasteiger partial charge in [0.25, 0.3) is 5.91 Å². The molecule has 0 unspecified atom stereocenters. The van der Waals surface area contributed by atoms with Gasteiger partial charge in [-0.15, -0.1) is 0 Å². The second-order valence-corrected chi connectivity index (χ2v) is 8.30. The Morgan fingerprint density at radius 2 is 1.76 bits per heavy atom. The molecule has 0 fully saturated rings. The van der Waals surface area contributed by atoms with E-state index in [9.17, 15) is 4.79 Å². The van der Waals surface area contributed by atoms with Crippen molar-refractivity contribution in [1.29, 1.82) is 0 Å². The molecule has 0 bridgehead atoms. The number of fused-ring (bicyclic) bond motifs is 1. The van der Waals surface area contributed by atoms with E-state index in [1.807, 2.05) is 42.5 Å². The third kappa shape index (κ3) is 5.88. The van der Waals surface area contributed by atoms with Crippen molar-refractivity contribution in [2.75, 3.05) is 20.3 Å². The van der Waals surface area contributed by atoms with Crippen molar-refractivity contribution >= 4 is 28.5 Å². The van der Waals surface area contributed by atoms with Crippen LogP contribution in [0.15, 0.2) is 72.8 Å². The van der Waals surface area contributed by atoms with Crippen LogP contribution in [0.25, 0.3) is 11.0 Å². The third-order valence-corrected chi connectivity index (χ3v) is 5.90. The molecule has 0 radical (unpaired) electrons. The molecule has 7 heteroatoms. The van der Waals surface area contributed by atoms with Crippen LogP contribution in [0.5, 0.6) is 11.5 Å². The number of nitrogens with zero attached hydrogens (tertiary/aromatic N) is 2. The maximum absolute atomic E-state index is 12.5. The van der Waals surface area contributed by atoms with Crippen molar-refractivity contribution in [2.45, 2.75) is 25.8 Å². The van der Waals surface area contributed by atoms with Crippen LogP contribution in [-0.4, -0.2) is 35.7 Å². The lowest BCUT2D eigenvalue weighted by Gasteiger charge is -2.11. The maximum atomic E-state index is 12.5. The topological polar surface area (TPSA) is 65.4 Å². The van der Waals surface area contributed by atoms with Gasteiger partial charge in [0.15, 0.2) is 0 Å². The van der Waals surface area contributed by atoms with Crippen molar-refractivity contribution in [3.63, 3.8) is 0 Å². The SMILES string of the molecule is COc1ccc(C(=O)NCCc2nc3ccccc3n2CCCCOc2ccccc2Cl)cc1. The molecule has 1 amide bonds. The van der Waals surface area contributed by atoms with Crippen molar-refractivity contribution in [3.05, 3.63) is 89.2 Å². The number of carbonyl (C=O) groups excluding carboxylic acids is 1. The van der Waals surface area contributed by atoms with Crippen LogP contribution >= 0.6 is 11.6 Å². The number of halogens is 1. The monoisotopic (exact) mass is 477 g/mol. The molecule has 6 nitrogen and oxygen atoms in total. The Morgan fingerprint density at radius 3 is 2.56 bits per heavy atom. The Morgan fingerprint density at radius 1 is 1.00 bits per heavy atom. The molecule has 1 aromatic heterocycles. The van der Waals surface area contributed by atoms with Gasteiger partial charge in [-0.2, -0.15) is 0 Å². The lowest BCUT2D eigenvalue weighted by molar-refractivity contribution is 0.0954. The summed E-state index contributed by atoms with van der Waals surface area (Å²) in [6.45, 7) is 1.93. The Bertz CT molecular complexity index is 1240. The molecule has 0 aliphatic heterocycles. The van der Waals surface area contributed by atoms with Gasteiger partial charge in [0, 0.05) is 25.1 Å². The molecule has 0 atom stereocenters. The number of ether oxygens (including phenoxy) is 2. The van der Waals surface area contributed by atoms with Crippen molar-refractivity contribution < 1.29 is 14.3 Å². The van der Waals surface area contributed by atoms with Crippen LogP contribution in [0.2, 0.25) is 5.02 Å². The summed E-state index contributed by atoms with van der Waals surface area (Å²) >= 11 is 6.15. The normalized spacial score (nSPS) is 10.9. The number of benzene rings is 3. The number of para-hydroxylation sites is 3. The molecule has 3 aromatic carbocycles. The van der Waals surface area contributed by atoms with E-state index in [4.69, 9.17) is 26.1 Å². The van der Waals surface area contributed by atoms with Crippen molar-refractivity contribution in [1.82, 2.24) is 14.9 Å². The summed E-state index contributed by atoms with van der Waals surface area (Å²) < 4.78 is 13.2. The molecular weight excluding hydrogens is 450 g/mol. The minimum Gasteiger partial charge on any atom is -0.497 e. The highest BCUT2D eigenvalue weighted by molar-refractivity contribution is 6.32. The Labute approximate surface area is 204 Å². The molecule has 1 heterocycles. The van der Waals surface area contributed by atoms with E-state index in [-0.39, 0.29) is 5.91 Å². The van der Waals surface area contributed by atoms with Crippen molar-refractivity contribution in [3.8, 4) is 11.5 Å². The first-order valence-electron chi connectivity index (χ1n) is 11.4. The van der Waals surface area contributed by atoms with Gasteiger partial charge in [0.1, 0.15) is 17.3 Å². The van der Waals surface area contributed by atoms with E-state index in [2.05, 4.69) is 16.0 Å². The minimum atomic E-state index is -0.109. The first kappa shape index (κ1) is 23.6. The summed E-state index contributed by atoms with van der Waals surface area (Å²) in [5.41, 5.74) is 2.67. The fourth-order valence-electron chi connectivity index (χ4n) is 3.81. The average Bonchev–Trinajstić information content (AvgIpc) is 3.22. The zero-order valence-corrected chi connectivity index (χ0v) is 19.9. The molecule has 34 heavy (non-hydrogen) atoms. The molecule has 0 saturated carbocycles. The summed E-state index contributed by atoms with van der Waals surface area (Å²) in [7, 11) is 1.60. The number of amides is 1. The predicted octanol–water partition coefficient (Wildman–Crippen LogP) is 5.53. The quantitative estimate of drug-likeness (QED) is 0.288. The zero-order chi connectivity index (χ0) is 23.8. The van der Waals surface area contributed by atoms with E-state index in [1.54, 1.807) is 31.4 Å². The van der Waals surface area contributed by atoms with Crippen LogP contribution in [0.1, 0.15) is 29.0 Å². The first-order valence-corrected chi connectivity index (χ1v) is 11.8. The second-order valence-electron chi connectivity index (χ2n) is 7.89. The Hall–Kier alpha value is -3.51. The third-order valence-electron chi connectivity index (χ3n) is 5.59. The summed E-state index contributed by atoms with van der Waals surface area (Å²) in [4.78, 5) is 17.3. The molecule has 0 saturated heterocycles. The number of carbonyl (C=O) groups is 1. The molecule has 0 aliphatic rings. The lowest BCUT2D eigenvalue weighted by atomic mass is 10.2. The Balaban J connectivity index is 1.33. The first-order chi connectivity index (χ1) is 16.7. The van der Waals surface area contributed by atoms with Gasteiger partial charge >= 0.3 is 0 Å². The van der Waals surface area contributed by atoms with Gasteiger partial charge in [0.2, 0.25) is 0 Å². The molecule has 0 spiro atoms. The molecular formula is C27H28ClN3O3. The fraction of sp³-hybridized carbons (Fsp3) is 0.259. The number of methoxy groups -OCH3 is 1. The number of rotatable bonds is 11. The van der Waals surface area contributed by atoms with E-state index < -0.39 is 0 Å². The van der Waals surface area contributed by atoms with Gasteiger partial charge in [0.05, 0.1) is 29.8 Å². The zero-order valence-electron chi connectivity index (χ0n) is 19.2. The van der Waals surface area contributed by atoms with Crippen LogP contribution in [0, 0.1) is 0 Å². The van der Waals surface area contributed by atoms with Crippen LogP contribution < -0.4 is 14.8 Å². The number of aryl methyl sites for hydroxylation is 1. The van der Waals surface area contributed by atoms with Gasteiger partial charge in [-0.25, -0.2) is 4.98 Å². The molecule has 4 aromatic rings.